The lowest BCUT2D eigenvalue weighted by Gasteiger charge is -2.05. The largest absolute Gasteiger partial charge is 0.385 e. The predicted octanol–water partition coefficient (Wildman–Crippen LogP) is 2.15. The molecule has 5 heteroatoms. The van der Waals surface area contributed by atoms with Crippen molar-refractivity contribution in [1.82, 2.24) is 5.32 Å². The van der Waals surface area contributed by atoms with E-state index in [4.69, 9.17) is 4.74 Å². The van der Waals surface area contributed by atoms with Crippen LogP contribution in [0, 0.1) is 10.1 Å². The van der Waals surface area contributed by atoms with Crippen molar-refractivity contribution in [3.63, 3.8) is 0 Å². The molecule has 0 saturated heterocycles. The molecule has 0 heterocycles. The standard InChI is InChI=1S/C13H20N2O3/c1-18-11-5-4-9-14-10-8-12-6-2-3-7-13(12)15(16)17/h2-3,6-7,14H,4-5,8-11H2,1H3. The third-order valence-electron chi connectivity index (χ3n) is 2.71. The third-order valence-corrected chi connectivity index (χ3v) is 2.71. The normalized spacial score (nSPS) is 10.5. The van der Waals surface area contributed by atoms with Crippen LogP contribution in [0.25, 0.3) is 0 Å². The Morgan fingerprint density at radius 2 is 2.06 bits per heavy atom. The molecule has 0 aliphatic rings. The second-order valence-electron chi connectivity index (χ2n) is 4.09. The maximum atomic E-state index is 10.8. The second kappa shape index (κ2) is 8.60. The first-order chi connectivity index (χ1) is 8.75. The van der Waals surface area contributed by atoms with Gasteiger partial charge in [-0.05, 0) is 32.4 Å². The van der Waals surface area contributed by atoms with Crippen LogP contribution in [0.4, 0.5) is 5.69 Å². The molecule has 0 amide bonds. The molecular formula is C13H20N2O3. The van der Waals surface area contributed by atoms with Crippen molar-refractivity contribution in [2.45, 2.75) is 19.3 Å². The van der Waals surface area contributed by atoms with E-state index in [1.165, 1.54) is 0 Å². The monoisotopic (exact) mass is 252 g/mol. The van der Waals surface area contributed by atoms with Crippen molar-refractivity contribution >= 4 is 5.69 Å². The Morgan fingerprint density at radius 3 is 2.78 bits per heavy atom. The van der Waals surface area contributed by atoms with Crippen LogP contribution in [0.3, 0.4) is 0 Å². The molecule has 0 aromatic heterocycles. The van der Waals surface area contributed by atoms with Gasteiger partial charge in [-0.2, -0.15) is 0 Å². The first-order valence-electron chi connectivity index (χ1n) is 6.17. The Labute approximate surface area is 107 Å². The summed E-state index contributed by atoms with van der Waals surface area (Å²) < 4.78 is 4.96. The van der Waals surface area contributed by atoms with Gasteiger partial charge in [0, 0.05) is 25.3 Å². The summed E-state index contributed by atoms with van der Waals surface area (Å²) in [6, 6.07) is 6.89. The molecule has 18 heavy (non-hydrogen) atoms. The number of rotatable bonds is 9. The summed E-state index contributed by atoms with van der Waals surface area (Å²) >= 11 is 0. The summed E-state index contributed by atoms with van der Waals surface area (Å²) in [6.45, 7) is 2.47. The molecule has 0 aliphatic heterocycles. The van der Waals surface area contributed by atoms with Crippen LogP contribution in [0.1, 0.15) is 18.4 Å². The van der Waals surface area contributed by atoms with Crippen LogP contribution >= 0.6 is 0 Å². The van der Waals surface area contributed by atoms with E-state index >= 15 is 0 Å². The number of para-hydroxylation sites is 1. The number of nitrogens with one attached hydrogen (secondary N) is 1. The minimum absolute atomic E-state index is 0.207. The van der Waals surface area contributed by atoms with Crippen LogP contribution in [-0.2, 0) is 11.2 Å². The summed E-state index contributed by atoms with van der Waals surface area (Å²) in [5, 5.41) is 14.1. The zero-order chi connectivity index (χ0) is 13.2. The maximum Gasteiger partial charge on any atom is 0.272 e. The van der Waals surface area contributed by atoms with Crippen LogP contribution in [0.15, 0.2) is 24.3 Å². The Balaban J connectivity index is 2.25. The highest BCUT2D eigenvalue weighted by Gasteiger charge is 2.10. The first-order valence-corrected chi connectivity index (χ1v) is 6.17. The number of nitro groups is 1. The number of methoxy groups -OCH3 is 1. The molecule has 100 valence electrons. The van der Waals surface area contributed by atoms with E-state index in [1.54, 1.807) is 19.2 Å². The number of unbranched alkanes of at least 4 members (excludes halogenated alkanes) is 1. The first kappa shape index (κ1) is 14.6. The lowest BCUT2D eigenvalue weighted by atomic mass is 10.1. The number of hydrogen-bond acceptors (Lipinski definition) is 4. The number of hydrogen-bond donors (Lipinski definition) is 1. The summed E-state index contributed by atoms with van der Waals surface area (Å²) in [7, 11) is 1.70. The van der Waals surface area contributed by atoms with Gasteiger partial charge in [-0.3, -0.25) is 10.1 Å². The quantitative estimate of drug-likeness (QED) is 0.415. The molecule has 5 nitrogen and oxygen atoms in total. The van der Waals surface area contributed by atoms with Gasteiger partial charge in [-0.1, -0.05) is 18.2 Å². The summed E-state index contributed by atoms with van der Waals surface area (Å²) in [4.78, 5) is 10.5. The smallest absolute Gasteiger partial charge is 0.272 e. The van der Waals surface area contributed by atoms with Gasteiger partial charge in [0.15, 0.2) is 0 Å². The number of ether oxygens (including phenoxy) is 1. The van der Waals surface area contributed by atoms with E-state index in [0.29, 0.717) is 6.42 Å². The van der Waals surface area contributed by atoms with Crippen LogP contribution in [0.2, 0.25) is 0 Å². The van der Waals surface area contributed by atoms with Gasteiger partial charge >= 0.3 is 0 Å². The molecule has 0 fully saturated rings. The lowest BCUT2D eigenvalue weighted by molar-refractivity contribution is -0.385. The van der Waals surface area contributed by atoms with Crippen molar-refractivity contribution in [2.75, 3.05) is 26.8 Å². The van der Waals surface area contributed by atoms with E-state index in [2.05, 4.69) is 5.32 Å². The van der Waals surface area contributed by atoms with Gasteiger partial charge in [0.05, 0.1) is 4.92 Å². The highest BCUT2D eigenvalue weighted by Crippen LogP contribution is 2.17. The Kier molecular flexibility index (Phi) is 6.98. The Hall–Kier alpha value is -1.46. The molecule has 1 aromatic carbocycles. The van der Waals surface area contributed by atoms with Crippen LogP contribution in [0.5, 0.6) is 0 Å². The fourth-order valence-corrected chi connectivity index (χ4v) is 1.74. The second-order valence-corrected chi connectivity index (χ2v) is 4.09. The van der Waals surface area contributed by atoms with E-state index in [0.717, 1.165) is 38.1 Å². The fourth-order valence-electron chi connectivity index (χ4n) is 1.74. The fraction of sp³-hybridized carbons (Fsp3) is 0.538. The molecule has 1 aromatic rings. The summed E-state index contributed by atoms with van der Waals surface area (Å²) in [5.41, 5.74) is 0.991. The van der Waals surface area contributed by atoms with Crippen molar-refractivity contribution in [1.29, 1.82) is 0 Å². The molecule has 0 bridgehead atoms. The van der Waals surface area contributed by atoms with Gasteiger partial charge < -0.3 is 10.1 Å². The molecule has 0 aliphatic carbocycles. The predicted molar refractivity (Wildman–Crippen MR) is 70.8 cm³/mol. The van der Waals surface area contributed by atoms with E-state index in [9.17, 15) is 10.1 Å². The van der Waals surface area contributed by atoms with E-state index in [-0.39, 0.29) is 10.6 Å². The van der Waals surface area contributed by atoms with Crippen molar-refractivity contribution in [3.05, 3.63) is 39.9 Å². The molecule has 0 atom stereocenters. The average molecular weight is 252 g/mol. The third kappa shape index (κ3) is 5.25. The Morgan fingerprint density at radius 1 is 1.28 bits per heavy atom. The average Bonchev–Trinajstić information content (AvgIpc) is 2.38. The number of nitrogens with zero attached hydrogens (tertiary/aromatic N) is 1. The summed E-state index contributed by atoms with van der Waals surface area (Å²) in [6.07, 6.45) is 2.78. The molecule has 1 N–H and O–H groups in total. The minimum Gasteiger partial charge on any atom is -0.385 e. The van der Waals surface area contributed by atoms with Gasteiger partial charge in [-0.15, -0.1) is 0 Å². The van der Waals surface area contributed by atoms with Gasteiger partial charge in [-0.25, -0.2) is 0 Å². The molecule has 1 rings (SSSR count). The Bertz CT molecular complexity index is 369. The van der Waals surface area contributed by atoms with Gasteiger partial charge in [0.2, 0.25) is 0 Å². The highest BCUT2D eigenvalue weighted by atomic mass is 16.6. The molecule has 0 spiro atoms. The van der Waals surface area contributed by atoms with E-state index in [1.807, 2.05) is 12.1 Å². The SMILES string of the molecule is COCCCCNCCc1ccccc1[N+](=O)[O-]. The molecule has 0 radical (unpaired) electrons. The van der Waals surface area contributed by atoms with Gasteiger partial charge in [0.25, 0.3) is 5.69 Å². The van der Waals surface area contributed by atoms with E-state index < -0.39 is 0 Å². The maximum absolute atomic E-state index is 10.8. The van der Waals surface area contributed by atoms with Crippen molar-refractivity contribution in [3.8, 4) is 0 Å². The molecular weight excluding hydrogens is 232 g/mol. The number of nitro benzene ring substituents is 1. The number of benzene rings is 1. The lowest BCUT2D eigenvalue weighted by Crippen LogP contribution is -2.19. The zero-order valence-electron chi connectivity index (χ0n) is 10.7. The summed E-state index contributed by atoms with van der Waals surface area (Å²) in [5.74, 6) is 0. The van der Waals surface area contributed by atoms with Gasteiger partial charge in [0.1, 0.15) is 0 Å². The topological polar surface area (TPSA) is 64.4 Å². The van der Waals surface area contributed by atoms with Crippen LogP contribution < -0.4 is 5.32 Å². The molecule has 0 saturated carbocycles. The highest BCUT2D eigenvalue weighted by molar-refractivity contribution is 5.39. The zero-order valence-corrected chi connectivity index (χ0v) is 10.7. The molecule has 0 unspecified atom stereocenters. The minimum atomic E-state index is -0.325. The van der Waals surface area contributed by atoms with Crippen molar-refractivity contribution in [2.24, 2.45) is 0 Å². The van der Waals surface area contributed by atoms with Crippen molar-refractivity contribution < 1.29 is 9.66 Å². The van der Waals surface area contributed by atoms with Crippen LogP contribution in [-0.4, -0.2) is 31.7 Å².